The van der Waals surface area contributed by atoms with Crippen LogP contribution in [0.3, 0.4) is 0 Å². The first kappa shape index (κ1) is 20.0. The molecule has 0 aromatic heterocycles. The van der Waals surface area contributed by atoms with E-state index in [-0.39, 0.29) is 17.6 Å². The minimum Gasteiger partial charge on any atom is -0.487 e. The standard InChI is InChI=1S/C25H32N2O2/c1-18-7-6-14-27(16-18)17-19-10-12-20(13-11-19)24(28)26-22-15-25(2,3)29-23-9-5-4-8-21(22)23/h4-5,8-13,18,22H,6-7,14-17H2,1-3H3,(H,26,28)/t18-,22-/m0/s1. The van der Waals surface area contributed by atoms with Crippen LogP contribution in [0.25, 0.3) is 0 Å². The summed E-state index contributed by atoms with van der Waals surface area (Å²) in [5, 5.41) is 3.22. The van der Waals surface area contributed by atoms with Gasteiger partial charge in [-0.25, -0.2) is 0 Å². The van der Waals surface area contributed by atoms with Crippen LogP contribution in [0.5, 0.6) is 5.75 Å². The van der Waals surface area contributed by atoms with Crippen molar-refractivity contribution in [3.8, 4) is 5.75 Å². The Morgan fingerprint density at radius 3 is 2.69 bits per heavy atom. The van der Waals surface area contributed by atoms with Gasteiger partial charge in [0.2, 0.25) is 0 Å². The maximum Gasteiger partial charge on any atom is 0.251 e. The number of hydrogen-bond acceptors (Lipinski definition) is 3. The Morgan fingerprint density at radius 1 is 1.17 bits per heavy atom. The second-order valence-electron chi connectivity index (χ2n) is 9.31. The summed E-state index contributed by atoms with van der Waals surface area (Å²) >= 11 is 0. The summed E-state index contributed by atoms with van der Waals surface area (Å²) in [5.74, 6) is 1.61. The summed E-state index contributed by atoms with van der Waals surface area (Å²) in [5.41, 5.74) is 2.73. The molecule has 1 fully saturated rings. The van der Waals surface area contributed by atoms with Crippen molar-refractivity contribution >= 4 is 5.91 Å². The molecule has 2 aliphatic rings. The minimum atomic E-state index is -0.304. The van der Waals surface area contributed by atoms with Gasteiger partial charge in [0.05, 0.1) is 6.04 Å². The molecule has 1 amide bonds. The molecule has 0 unspecified atom stereocenters. The van der Waals surface area contributed by atoms with Crippen molar-refractivity contribution in [1.82, 2.24) is 10.2 Å². The Hall–Kier alpha value is -2.33. The van der Waals surface area contributed by atoms with Crippen molar-refractivity contribution in [2.75, 3.05) is 13.1 Å². The van der Waals surface area contributed by atoms with Crippen LogP contribution in [0, 0.1) is 5.92 Å². The van der Waals surface area contributed by atoms with Crippen molar-refractivity contribution in [1.29, 1.82) is 0 Å². The van der Waals surface area contributed by atoms with E-state index in [4.69, 9.17) is 4.74 Å². The van der Waals surface area contributed by atoms with E-state index in [1.54, 1.807) is 0 Å². The number of fused-ring (bicyclic) bond motifs is 1. The van der Waals surface area contributed by atoms with Crippen molar-refractivity contribution in [2.24, 2.45) is 5.92 Å². The van der Waals surface area contributed by atoms with Gasteiger partial charge in [-0.1, -0.05) is 37.3 Å². The van der Waals surface area contributed by atoms with E-state index in [1.165, 1.54) is 31.5 Å². The average molecular weight is 393 g/mol. The molecule has 1 N–H and O–H groups in total. The molecule has 2 aliphatic heterocycles. The molecule has 2 aromatic carbocycles. The van der Waals surface area contributed by atoms with Gasteiger partial charge in [-0.05, 0) is 62.9 Å². The molecule has 29 heavy (non-hydrogen) atoms. The first-order valence-corrected chi connectivity index (χ1v) is 10.8. The number of carbonyl (C=O) groups is 1. The highest BCUT2D eigenvalue weighted by Crippen LogP contribution is 2.39. The first-order valence-electron chi connectivity index (χ1n) is 10.8. The van der Waals surface area contributed by atoms with Gasteiger partial charge in [0.15, 0.2) is 0 Å². The predicted octanol–water partition coefficient (Wildman–Crippen LogP) is 4.95. The number of nitrogens with zero attached hydrogens (tertiary/aromatic N) is 1. The fourth-order valence-corrected chi connectivity index (χ4v) is 4.62. The van der Waals surface area contributed by atoms with E-state index in [0.717, 1.165) is 30.2 Å². The third kappa shape index (κ3) is 4.81. The molecule has 0 saturated carbocycles. The largest absolute Gasteiger partial charge is 0.487 e. The fraction of sp³-hybridized carbons (Fsp3) is 0.480. The van der Waals surface area contributed by atoms with E-state index in [9.17, 15) is 4.79 Å². The minimum absolute atomic E-state index is 0.0272. The lowest BCUT2D eigenvalue weighted by Gasteiger charge is -2.37. The molecule has 0 bridgehead atoms. The third-order valence-electron chi connectivity index (χ3n) is 6.05. The predicted molar refractivity (Wildman–Crippen MR) is 116 cm³/mol. The van der Waals surface area contributed by atoms with Crippen molar-refractivity contribution in [3.63, 3.8) is 0 Å². The molecule has 0 spiro atoms. The van der Waals surface area contributed by atoms with Gasteiger partial charge < -0.3 is 10.1 Å². The highest BCUT2D eigenvalue weighted by Gasteiger charge is 2.34. The van der Waals surface area contributed by atoms with Crippen LogP contribution in [-0.4, -0.2) is 29.5 Å². The number of amides is 1. The number of ether oxygens (including phenoxy) is 1. The molecule has 4 nitrogen and oxygen atoms in total. The van der Waals surface area contributed by atoms with Crippen molar-refractivity contribution < 1.29 is 9.53 Å². The molecule has 2 heterocycles. The lowest BCUT2D eigenvalue weighted by molar-refractivity contribution is 0.0619. The maximum atomic E-state index is 12.9. The summed E-state index contributed by atoms with van der Waals surface area (Å²) in [6.45, 7) is 9.77. The van der Waals surface area contributed by atoms with Gasteiger partial charge in [0.25, 0.3) is 5.91 Å². The number of likely N-dealkylation sites (tertiary alicyclic amines) is 1. The number of hydrogen-bond donors (Lipinski definition) is 1. The summed E-state index contributed by atoms with van der Waals surface area (Å²) in [6, 6.07) is 16.0. The smallest absolute Gasteiger partial charge is 0.251 e. The van der Waals surface area contributed by atoms with Gasteiger partial charge >= 0.3 is 0 Å². The quantitative estimate of drug-likeness (QED) is 0.800. The molecule has 0 aliphatic carbocycles. The SMILES string of the molecule is C[C@H]1CCCN(Cc2ccc(C(=O)N[C@H]3CC(C)(C)Oc4ccccc43)cc2)C1. The monoisotopic (exact) mass is 392 g/mol. The summed E-state index contributed by atoms with van der Waals surface area (Å²) < 4.78 is 6.08. The third-order valence-corrected chi connectivity index (χ3v) is 6.05. The fourth-order valence-electron chi connectivity index (χ4n) is 4.62. The summed E-state index contributed by atoms with van der Waals surface area (Å²) in [6.07, 6.45) is 3.37. The molecule has 2 aromatic rings. The molecule has 154 valence electrons. The van der Waals surface area contributed by atoms with Crippen molar-refractivity contribution in [2.45, 2.75) is 58.2 Å². The zero-order valence-corrected chi connectivity index (χ0v) is 17.8. The second kappa shape index (κ2) is 8.19. The Kier molecular flexibility index (Phi) is 5.64. The lowest BCUT2D eigenvalue weighted by atomic mass is 9.89. The number of para-hydroxylation sites is 1. The average Bonchev–Trinajstić information content (AvgIpc) is 2.67. The Labute approximate surface area is 174 Å². The Balaban J connectivity index is 1.42. The first-order chi connectivity index (χ1) is 13.9. The van der Waals surface area contributed by atoms with Crippen LogP contribution in [0.2, 0.25) is 0 Å². The van der Waals surface area contributed by atoms with E-state index >= 15 is 0 Å². The van der Waals surface area contributed by atoms with Crippen LogP contribution >= 0.6 is 0 Å². The van der Waals surface area contributed by atoms with E-state index in [2.05, 4.69) is 43.1 Å². The molecule has 2 atom stereocenters. The summed E-state index contributed by atoms with van der Waals surface area (Å²) in [4.78, 5) is 15.4. The molecular weight excluding hydrogens is 360 g/mol. The topological polar surface area (TPSA) is 41.6 Å². The van der Waals surface area contributed by atoms with Crippen LogP contribution in [0.1, 0.15) is 67.6 Å². The van der Waals surface area contributed by atoms with Crippen molar-refractivity contribution in [3.05, 3.63) is 65.2 Å². The normalized spacial score (nSPS) is 23.7. The van der Waals surface area contributed by atoms with Gasteiger partial charge in [0, 0.05) is 30.6 Å². The highest BCUT2D eigenvalue weighted by atomic mass is 16.5. The van der Waals surface area contributed by atoms with E-state index in [1.807, 2.05) is 36.4 Å². The highest BCUT2D eigenvalue weighted by molar-refractivity contribution is 5.94. The zero-order chi connectivity index (χ0) is 20.4. The molecule has 1 saturated heterocycles. The Bertz CT molecular complexity index is 859. The number of piperidine rings is 1. The van der Waals surface area contributed by atoms with E-state index < -0.39 is 0 Å². The van der Waals surface area contributed by atoms with Crippen LogP contribution in [0.15, 0.2) is 48.5 Å². The molecule has 4 rings (SSSR count). The van der Waals surface area contributed by atoms with Crippen LogP contribution in [-0.2, 0) is 6.54 Å². The molecule has 4 heteroatoms. The maximum absolute atomic E-state index is 12.9. The molecule has 0 radical (unpaired) electrons. The van der Waals surface area contributed by atoms with Crippen LogP contribution < -0.4 is 10.1 Å². The zero-order valence-electron chi connectivity index (χ0n) is 17.8. The van der Waals surface area contributed by atoms with E-state index in [0.29, 0.717) is 5.56 Å². The number of carbonyl (C=O) groups excluding carboxylic acids is 1. The number of rotatable bonds is 4. The van der Waals surface area contributed by atoms with Gasteiger partial charge in [-0.2, -0.15) is 0 Å². The lowest BCUT2D eigenvalue weighted by Crippen LogP contribution is -2.41. The van der Waals surface area contributed by atoms with Gasteiger partial charge in [-0.15, -0.1) is 0 Å². The molecular formula is C25H32N2O2. The second-order valence-corrected chi connectivity index (χ2v) is 9.31. The van der Waals surface area contributed by atoms with Crippen LogP contribution in [0.4, 0.5) is 0 Å². The van der Waals surface area contributed by atoms with Gasteiger partial charge in [-0.3, -0.25) is 9.69 Å². The number of benzene rings is 2. The number of nitrogens with one attached hydrogen (secondary N) is 1. The summed E-state index contributed by atoms with van der Waals surface area (Å²) in [7, 11) is 0. The van der Waals surface area contributed by atoms with Gasteiger partial charge in [0.1, 0.15) is 11.4 Å². The Morgan fingerprint density at radius 2 is 1.93 bits per heavy atom.